The number of hydrogen-bond acceptors (Lipinski definition) is 6. The van der Waals surface area contributed by atoms with E-state index in [0.717, 1.165) is 0 Å². The van der Waals surface area contributed by atoms with Crippen LogP contribution in [0.25, 0.3) is 0 Å². The number of hydrogen-bond donors (Lipinski definition) is 1. The van der Waals surface area contributed by atoms with Crippen molar-refractivity contribution >= 4 is 12.1 Å². The van der Waals surface area contributed by atoms with Gasteiger partial charge in [0.2, 0.25) is 0 Å². The van der Waals surface area contributed by atoms with Crippen molar-refractivity contribution in [2.45, 2.75) is 39.7 Å². The molecule has 0 spiro atoms. The zero-order chi connectivity index (χ0) is 15.3. The van der Waals surface area contributed by atoms with E-state index < -0.39 is 17.7 Å². The van der Waals surface area contributed by atoms with Gasteiger partial charge in [0.1, 0.15) is 11.4 Å². The zero-order valence-electron chi connectivity index (χ0n) is 12.4. The van der Waals surface area contributed by atoms with E-state index in [0.29, 0.717) is 24.6 Å². The summed E-state index contributed by atoms with van der Waals surface area (Å²) in [5.74, 6) is 0.209. The van der Waals surface area contributed by atoms with Gasteiger partial charge in [0.25, 0.3) is 0 Å². The lowest BCUT2D eigenvalue weighted by atomic mass is 10.2. The Morgan fingerprint density at radius 3 is 2.55 bits per heavy atom. The van der Waals surface area contributed by atoms with E-state index in [2.05, 4.69) is 15.0 Å². The molecule has 20 heavy (non-hydrogen) atoms. The Bertz CT molecular complexity index is 487. The Kier molecular flexibility index (Phi) is 5.12. The predicted molar refractivity (Wildman–Crippen MR) is 70.5 cm³/mol. The van der Waals surface area contributed by atoms with Crippen molar-refractivity contribution in [1.29, 1.82) is 0 Å². The molecule has 0 unspecified atom stereocenters. The molecular formula is C13H20N2O5. The molecule has 1 aromatic rings. The molecule has 1 aromatic heterocycles. The number of amides is 1. The SMILES string of the molecule is COC(=O)c1nc(CCNC(=O)OC(C)(C)C)oc1C. The molecule has 1 amide bonds. The topological polar surface area (TPSA) is 90.7 Å². The van der Waals surface area contributed by atoms with E-state index in [-0.39, 0.29) is 5.69 Å². The maximum atomic E-state index is 11.4. The fraction of sp³-hybridized carbons (Fsp3) is 0.615. The van der Waals surface area contributed by atoms with Crippen molar-refractivity contribution in [2.75, 3.05) is 13.7 Å². The third-order valence-electron chi connectivity index (χ3n) is 2.23. The van der Waals surface area contributed by atoms with Crippen LogP contribution in [0.15, 0.2) is 4.42 Å². The number of carbonyl (C=O) groups is 2. The first-order valence-electron chi connectivity index (χ1n) is 6.24. The summed E-state index contributed by atoms with van der Waals surface area (Å²) >= 11 is 0. The van der Waals surface area contributed by atoms with Crippen LogP contribution in [0.3, 0.4) is 0 Å². The number of carbonyl (C=O) groups excluding carboxylic acids is 2. The molecule has 0 fully saturated rings. The van der Waals surface area contributed by atoms with Crippen LogP contribution in [0.1, 0.15) is 42.9 Å². The minimum atomic E-state index is -0.544. The molecule has 0 atom stereocenters. The molecule has 0 saturated heterocycles. The molecule has 0 aliphatic heterocycles. The summed E-state index contributed by atoms with van der Waals surface area (Å²) < 4.78 is 15.0. The lowest BCUT2D eigenvalue weighted by Gasteiger charge is -2.19. The van der Waals surface area contributed by atoms with Gasteiger partial charge in [-0.25, -0.2) is 14.6 Å². The zero-order valence-corrected chi connectivity index (χ0v) is 12.4. The number of alkyl carbamates (subject to hydrolysis) is 1. The summed E-state index contributed by atoms with van der Waals surface area (Å²) in [5, 5.41) is 2.58. The quantitative estimate of drug-likeness (QED) is 0.848. The second-order valence-corrected chi connectivity index (χ2v) is 5.18. The molecule has 7 heteroatoms. The summed E-state index contributed by atoms with van der Waals surface area (Å²) in [7, 11) is 1.28. The van der Waals surface area contributed by atoms with Crippen LogP contribution in [0.4, 0.5) is 4.79 Å². The highest BCUT2D eigenvalue weighted by molar-refractivity contribution is 5.88. The van der Waals surface area contributed by atoms with Crippen molar-refractivity contribution in [3.8, 4) is 0 Å². The van der Waals surface area contributed by atoms with Gasteiger partial charge in [-0.15, -0.1) is 0 Å². The number of methoxy groups -OCH3 is 1. The normalized spacial score (nSPS) is 11.1. The Labute approximate surface area is 117 Å². The minimum Gasteiger partial charge on any atom is -0.464 e. The average Bonchev–Trinajstić information content (AvgIpc) is 2.67. The van der Waals surface area contributed by atoms with E-state index >= 15 is 0 Å². The third kappa shape index (κ3) is 4.91. The van der Waals surface area contributed by atoms with Gasteiger partial charge in [-0.3, -0.25) is 0 Å². The molecule has 1 rings (SSSR count). The molecule has 0 bridgehead atoms. The van der Waals surface area contributed by atoms with Crippen LogP contribution in [-0.2, 0) is 15.9 Å². The Hall–Kier alpha value is -2.05. The van der Waals surface area contributed by atoms with E-state index in [4.69, 9.17) is 9.15 Å². The molecule has 7 nitrogen and oxygen atoms in total. The van der Waals surface area contributed by atoms with Gasteiger partial charge in [-0.1, -0.05) is 0 Å². The number of nitrogens with one attached hydrogen (secondary N) is 1. The van der Waals surface area contributed by atoms with Gasteiger partial charge in [0, 0.05) is 13.0 Å². The molecular weight excluding hydrogens is 264 g/mol. The van der Waals surface area contributed by atoms with Gasteiger partial charge in [-0.05, 0) is 27.7 Å². The van der Waals surface area contributed by atoms with Gasteiger partial charge < -0.3 is 19.2 Å². The summed E-state index contributed by atoms with van der Waals surface area (Å²) in [6.45, 7) is 7.28. The van der Waals surface area contributed by atoms with Crippen LogP contribution < -0.4 is 5.32 Å². The Balaban J connectivity index is 2.47. The maximum Gasteiger partial charge on any atom is 0.407 e. The minimum absolute atomic E-state index is 0.153. The number of nitrogens with zero attached hydrogens (tertiary/aromatic N) is 1. The van der Waals surface area contributed by atoms with Crippen LogP contribution in [0, 0.1) is 6.92 Å². The fourth-order valence-electron chi connectivity index (χ4n) is 1.43. The molecule has 0 aliphatic rings. The van der Waals surface area contributed by atoms with Crippen molar-refractivity contribution in [3.63, 3.8) is 0 Å². The third-order valence-corrected chi connectivity index (χ3v) is 2.23. The predicted octanol–water partition coefficient (Wildman–Crippen LogP) is 1.84. The molecule has 0 saturated carbocycles. The van der Waals surface area contributed by atoms with Gasteiger partial charge >= 0.3 is 12.1 Å². The standard InChI is InChI=1S/C13H20N2O5/c1-8-10(11(16)18-5)15-9(19-8)6-7-14-12(17)20-13(2,3)4/h6-7H2,1-5H3,(H,14,17). The number of esters is 1. The van der Waals surface area contributed by atoms with Gasteiger partial charge in [0.15, 0.2) is 11.6 Å². The summed E-state index contributed by atoms with van der Waals surface area (Å²) in [6.07, 6.45) is -0.147. The number of rotatable bonds is 4. The van der Waals surface area contributed by atoms with Crippen molar-refractivity contribution in [1.82, 2.24) is 10.3 Å². The monoisotopic (exact) mass is 284 g/mol. The highest BCUT2D eigenvalue weighted by Gasteiger charge is 2.18. The van der Waals surface area contributed by atoms with Gasteiger partial charge in [-0.2, -0.15) is 0 Å². The lowest BCUT2D eigenvalue weighted by molar-refractivity contribution is 0.0526. The largest absolute Gasteiger partial charge is 0.464 e. The maximum absolute atomic E-state index is 11.4. The highest BCUT2D eigenvalue weighted by atomic mass is 16.6. The first kappa shape index (κ1) is 16.0. The summed E-state index contributed by atoms with van der Waals surface area (Å²) in [4.78, 5) is 26.8. The lowest BCUT2D eigenvalue weighted by Crippen LogP contribution is -2.33. The second kappa shape index (κ2) is 6.40. The van der Waals surface area contributed by atoms with Crippen LogP contribution in [-0.4, -0.2) is 36.3 Å². The van der Waals surface area contributed by atoms with Crippen LogP contribution in [0.5, 0.6) is 0 Å². The second-order valence-electron chi connectivity index (χ2n) is 5.18. The Morgan fingerprint density at radius 1 is 1.35 bits per heavy atom. The number of aryl methyl sites for hydroxylation is 1. The summed E-state index contributed by atoms with van der Waals surface area (Å²) in [6, 6.07) is 0. The molecule has 1 heterocycles. The Morgan fingerprint density at radius 2 is 2.00 bits per heavy atom. The highest BCUT2D eigenvalue weighted by Crippen LogP contribution is 2.11. The fourth-order valence-corrected chi connectivity index (χ4v) is 1.43. The average molecular weight is 284 g/mol. The van der Waals surface area contributed by atoms with Crippen molar-refractivity contribution < 1.29 is 23.5 Å². The molecule has 0 aromatic carbocycles. The van der Waals surface area contributed by atoms with Crippen LogP contribution >= 0.6 is 0 Å². The first-order valence-corrected chi connectivity index (χ1v) is 6.24. The van der Waals surface area contributed by atoms with Crippen LogP contribution in [0.2, 0.25) is 0 Å². The molecule has 1 N–H and O–H groups in total. The molecule has 0 radical (unpaired) electrons. The number of oxazole rings is 1. The van der Waals surface area contributed by atoms with Gasteiger partial charge in [0.05, 0.1) is 7.11 Å². The molecule has 112 valence electrons. The van der Waals surface area contributed by atoms with E-state index in [1.54, 1.807) is 27.7 Å². The van der Waals surface area contributed by atoms with Crippen molar-refractivity contribution in [2.24, 2.45) is 0 Å². The van der Waals surface area contributed by atoms with E-state index in [1.165, 1.54) is 7.11 Å². The summed E-state index contributed by atoms with van der Waals surface area (Å²) in [5.41, 5.74) is -0.387. The molecule has 0 aliphatic carbocycles. The van der Waals surface area contributed by atoms with E-state index in [1.807, 2.05) is 0 Å². The number of ether oxygens (including phenoxy) is 2. The number of aromatic nitrogens is 1. The first-order chi connectivity index (χ1) is 9.23. The smallest absolute Gasteiger partial charge is 0.407 e. The van der Waals surface area contributed by atoms with E-state index in [9.17, 15) is 9.59 Å². The van der Waals surface area contributed by atoms with Crippen molar-refractivity contribution in [3.05, 3.63) is 17.3 Å².